The lowest BCUT2D eigenvalue weighted by Crippen LogP contribution is -2.17. The molecule has 1 heterocycles. The minimum absolute atomic E-state index is 0.346. The van der Waals surface area contributed by atoms with Crippen molar-refractivity contribution in [1.29, 1.82) is 0 Å². The van der Waals surface area contributed by atoms with E-state index in [0.29, 0.717) is 17.7 Å². The molecule has 0 saturated heterocycles. The van der Waals surface area contributed by atoms with Gasteiger partial charge in [-0.2, -0.15) is 0 Å². The number of primary amides is 1. The minimum atomic E-state index is -0.520. The van der Waals surface area contributed by atoms with Gasteiger partial charge in [0.1, 0.15) is 0 Å². The second-order valence-electron chi connectivity index (χ2n) is 2.92. The maximum Gasteiger partial charge on any atom is 0.250 e. The van der Waals surface area contributed by atoms with Crippen molar-refractivity contribution in [2.75, 3.05) is 0 Å². The summed E-state index contributed by atoms with van der Waals surface area (Å²) in [5.74, 6) is -0.510. The Morgan fingerprint density at radius 3 is 3.00 bits per heavy atom. The first kappa shape index (κ1) is 9.67. The summed E-state index contributed by atoms with van der Waals surface area (Å²) in [7, 11) is 0. The van der Waals surface area contributed by atoms with Crippen LogP contribution in [0, 0.1) is 0 Å². The minimum Gasteiger partial charge on any atom is -0.393 e. The first-order chi connectivity index (χ1) is 6.11. The van der Waals surface area contributed by atoms with Crippen molar-refractivity contribution in [1.82, 2.24) is 4.98 Å². The molecule has 0 spiro atoms. The van der Waals surface area contributed by atoms with Gasteiger partial charge in [0.25, 0.3) is 5.91 Å². The molecule has 0 saturated carbocycles. The number of aliphatic hydroxyl groups is 1. The fraction of sp³-hybridized carbons (Fsp3) is 0.333. The molecule has 0 unspecified atom stereocenters. The van der Waals surface area contributed by atoms with Crippen LogP contribution >= 0.6 is 0 Å². The van der Waals surface area contributed by atoms with Crippen LogP contribution in [-0.4, -0.2) is 22.1 Å². The molecular formula is C9H12N2O2. The molecule has 0 aliphatic rings. The Morgan fingerprint density at radius 1 is 1.77 bits per heavy atom. The van der Waals surface area contributed by atoms with Gasteiger partial charge in [-0.05, 0) is 19.1 Å². The van der Waals surface area contributed by atoms with Crippen molar-refractivity contribution in [3.8, 4) is 0 Å². The molecule has 1 aromatic rings. The summed E-state index contributed by atoms with van der Waals surface area (Å²) in [4.78, 5) is 14.9. The lowest BCUT2D eigenvalue weighted by molar-refractivity contribution is 0.0998. The van der Waals surface area contributed by atoms with E-state index in [-0.39, 0.29) is 0 Å². The molecule has 70 valence electrons. The van der Waals surface area contributed by atoms with Gasteiger partial charge in [0, 0.05) is 12.6 Å². The van der Waals surface area contributed by atoms with E-state index in [4.69, 9.17) is 10.8 Å². The highest BCUT2D eigenvalue weighted by Gasteiger charge is 2.10. The Hall–Kier alpha value is -1.42. The molecule has 1 amide bonds. The highest BCUT2D eigenvalue weighted by atomic mass is 16.3. The molecule has 13 heavy (non-hydrogen) atoms. The second-order valence-corrected chi connectivity index (χ2v) is 2.92. The zero-order chi connectivity index (χ0) is 9.84. The van der Waals surface area contributed by atoms with E-state index in [9.17, 15) is 4.79 Å². The van der Waals surface area contributed by atoms with Crippen LogP contribution in [0.3, 0.4) is 0 Å². The van der Waals surface area contributed by atoms with Gasteiger partial charge >= 0.3 is 0 Å². The van der Waals surface area contributed by atoms with Gasteiger partial charge in [0.05, 0.1) is 17.4 Å². The number of pyridine rings is 1. The molecule has 3 N–H and O–H groups in total. The molecule has 1 rings (SSSR count). The Labute approximate surface area is 76.4 Å². The number of carbonyl (C=O) groups excluding carboxylic acids is 1. The van der Waals surface area contributed by atoms with E-state index in [2.05, 4.69) is 4.98 Å². The quantitative estimate of drug-likeness (QED) is 0.692. The smallest absolute Gasteiger partial charge is 0.250 e. The van der Waals surface area contributed by atoms with Gasteiger partial charge in [0.15, 0.2) is 0 Å². The molecule has 0 aliphatic carbocycles. The predicted molar refractivity (Wildman–Crippen MR) is 48.1 cm³/mol. The molecule has 1 atom stereocenters. The highest BCUT2D eigenvalue weighted by Crippen LogP contribution is 2.06. The summed E-state index contributed by atoms with van der Waals surface area (Å²) in [6, 6.07) is 3.25. The Bertz CT molecular complexity index is 310. The van der Waals surface area contributed by atoms with Crippen LogP contribution in [0.1, 0.15) is 23.0 Å². The lowest BCUT2D eigenvalue weighted by atomic mass is 10.1. The fourth-order valence-corrected chi connectivity index (χ4v) is 1.10. The van der Waals surface area contributed by atoms with E-state index >= 15 is 0 Å². The summed E-state index contributed by atoms with van der Waals surface area (Å²) < 4.78 is 0. The summed E-state index contributed by atoms with van der Waals surface area (Å²) >= 11 is 0. The third-order valence-electron chi connectivity index (χ3n) is 1.64. The average Bonchev–Trinajstić information content (AvgIpc) is 2.03. The standard InChI is InChI=1S/C9H12N2O2/c1-6(12)5-8-7(9(10)13)3-2-4-11-8/h2-4,6,12H,5H2,1H3,(H2,10,13)/t6-/m0/s1. The van der Waals surface area contributed by atoms with Crippen molar-refractivity contribution >= 4 is 5.91 Å². The maximum absolute atomic E-state index is 10.9. The van der Waals surface area contributed by atoms with Crippen molar-refractivity contribution < 1.29 is 9.90 Å². The van der Waals surface area contributed by atoms with E-state index in [1.807, 2.05) is 0 Å². The summed E-state index contributed by atoms with van der Waals surface area (Å²) in [5.41, 5.74) is 6.05. The molecule has 4 nitrogen and oxygen atoms in total. The van der Waals surface area contributed by atoms with Crippen molar-refractivity contribution in [2.24, 2.45) is 5.73 Å². The topological polar surface area (TPSA) is 76.2 Å². The number of hydrogen-bond acceptors (Lipinski definition) is 3. The number of aromatic nitrogens is 1. The van der Waals surface area contributed by atoms with Crippen molar-refractivity contribution in [2.45, 2.75) is 19.4 Å². The number of aliphatic hydroxyl groups excluding tert-OH is 1. The molecule has 0 fully saturated rings. The van der Waals surface area contributed by atoms with E-state index in [0.717, 1.165) is 0 Å². The van der Waals surface area contributed by atoms with Crippen LogP contribution in [0.4, 0.5) is 0 Å². The first-order valence-electron chi connectivity index (χ1n) is 4.03. The van der Waals surface area contributed by atoms with Gasteiger partial charge in [-0.15, -0.1) is 0 Å². The van der Waals surface area contributed by atoms with Crippen LogP contribution in [0.2, 0.25) is 0 Å². The average molecular weight is 180 g/mol. The normalized spacial score (nSPS) is 12.5. The first-order valence-corrected chi connectivity index (χ1v) is 4.03. The van der Waals surface area contributed by atoms with Gasteiger partial charge in [-0.1, -0.05) is 0 Å². The van der Waals surface area contributed by atoms with Crippen LogP contribution < -0.4 is 5.73 Å². The molecule has 0 bridgehead atoms. The van der Waals surface area contributed by atoms with Gasteiger partial charge in [-0.25, -0.2) is 0 Å². The largest absolute Gasteiger partial charge is 0.393 e. The Kier molecular flexibility index (Phi) is 2.97. The van der Waals surface area contributed by atoms with Gasteiger partial charge in [0.2, 0.25) is 0 Å². The van der Waals surface area contributed by atoms with Crippen LogP contribution in [-0.2, 0) is 6.42 Å². The van der Waals surface area contributed by atoms with E-state index in [1.165, 1.54) is 0 Å². The third-order valence-corrected chi connectivity index (χ3v) is 1.64. The van der Waals surface area contributed by atoms with Gasteiger partial charge in [-0.3, -0.25) is 9.78 Å². The number of carbonyl (C=O) groups is 1. The number of nitrogens with zero attached hydrogens (tertiary/aromatic N) is 1. The molecule has 0 aromatic carbocycles. The molecule has 0 radical (unpaired) electrons. The van der Waals surface area contributed by atoms with E-state index < -0.39 is 12.0 Å². The van der Waals surface area contributed by atoms with Gasteiger partial charge < -0.3 is 10.8 Å². The fourth-order valence-electron chi connectivity index (χ4n) is 1.10. The lowest BCUT2D eigenvalue weighted by Gasteiger charge is -2.06. The van der Waals surface area contributed by atoms with Crippen LogP contribution in [0.15, 0.2) is 18.3 Å². The highest BCUT2D eigenvalue weighted by molar-refractivity contribution is 5.93. The molecule has 0 aliphatic heterocycles. The molecule has 1 aromatic heterocycles. The second kappa shape index (κ2) is 4.00. The zero-order valence-electron chi connectivity index (χ0n) is 7.40. The third kappa shape index (κ3) is 2.52. The monoisotopic (exact) mass is 180 g/mol. The van der Waals surface area contributed by atoms with Crippen molar-refractivity contribution in [3.05, 3.63) is 29.6 Å². The Balaban J connectivity index is 2.98. The molecular weight excluding hydrogens is 168 g/mol. The Morgan fingerprint density at radius 2 is 2.46 bits per heavy atom. The van der Waals surface area contributed by atoms with Crippen molar-refractivity contribution in [3.63, 3.8) is 0 Å². The van der Waals surface area contributed by atoms with Crippen LogP contribution in [0.25, 0.3) is 0 Å². The summed E-state index contributed by atoms with van der Waals surface area (Å²) in [6.07, 6.45) is 1.40. The zero-order valence-corrected chi connectivity index (χ0v) is 7.40. The predicted octanol–water partition coefficient (Wildman–Crippen LogP) is 0.104. The van der Waals surface area contributed by atoms with E-state index in [1.54, 1.807) is 25.3 Å². The molecule has 4 heteroatoms. The SMILES string of the molecule is C[C@H](O)Cc1ncccc1C(N)=O. The van der Waals surface area contributed by atoms with Crippen LogP contribution in [0.5, 0.6) is 0 Å². The summed E-state index contributed by atoms with van der Waals surface area (Å²) in [6.45, 7) is 1.64. The number of amides is 1. The number of hydrogen-bond donors (Lipinski definition) is 2. The summed E-state index contributed by atoms with van der Waals surface area (Å²) in [5, 5.41) is 9.12. The maximum atomic E-state index is 10.9. The number of rotatable bonds is 3. The number of nitrogens with two attached hydrogens (primary N) is 1.